The molecule has 1 rings (SSSR count). The fourth-order valence-electron chi connectivity index (χ4n) is 0.579. The predicted octanol–water partition coefficient (Wildman–Crippen LogP) is -5.57. The summed E-state index contributed by atoms with van der Waals surface area (Å²) in [5, 5.41) is 10.1. The summed E-state index contributed by atoms with van der Waals surface area (Å²) in [5.41, 5.74) is -2.16. The number of carbonyl (C=O) groups excluding carboxylic acids is 1. The van der Waals surface area contributed by atoms with E-state index in [0.717, 1.165) is 6.07 Å². The van der Waals surface area contributed by atoms with Gasteiger partial charge in [0, 0.05) is 6.07 Å². The number of carboxylic acids is 1. The minimum Gasteiger partial charge on any atom is -0.543 e. The minimum atomic E-state index is -1.59. The van der Waals surface area contributed by atoms with Crippen molar-refractivity contribution in [3.8, 4) is 0 Å². The summed E-state index contributed by atoms with van der Waals surface area (Å²) in [6, 6.07) is 0.733. The zero-order valence-corrected chi connectivity index (χ0v) is 8.21. The average Bonchev–Trinajstić information content (AvgIpc) is 1.85. The Morgan fingerprint density at radius 2 is 1.92 bits per heavy atom. The molecule has 12 heavy (non-hydrogen) atoms. The van der Waals surface area contributed by atoms with Gasteiger partial charge in [-0.1, -0.05) is 0 Å². The standard InChI is InChI=1S/C5H4N2O4.Na/c8-3-1-2(4(9)10)6-5(11)7-3;/h1H,(H,9,10)(H2,6,7,8,11);/q;+1/p-1. The molecule has 0 amide bonds. The Balaban J connectivity index is 0.00000121. The van der Waals surface area contributed by atoms with E-state index in [1.165, 1.54) is 0 Å². The van der Waals surface area contributed by atoms with Gasteiger partial charge in [0.2, 0.25) is 0 Å². The summed E-state index contributed by atoms with van der Waals surface area (Å²) in [5.74, 6) is -1.59. The molecule has 0 aliphatic rings. The number of carboxylic acid groups (broad SMARTS) is 1. The summed E-state index contributed by atoms with van der Waals surface area (Å²) in [4.78, 5) is 34.6. The third kappa shape index (κ3) is 2.65. The summed E-state index contributed by atoms with van der Waals surface area (Å²) >= 11 is 0. The number of aromatic carboxylic acids is 1. The zero-order chi connectivity index (χ0) is 8.43. The molecule has 6 nitrogen and oxygen atoms in total. The van der Waals surface area contributed by atoms with Crippen molar-refractivity contribution in [3.05, 3.63) is 32.6 Å². The largest absolute Gasteiger partial charge is 1.00 e. The topological polar surface area (TPSA) is 106 Å². The van der Waals surface area contributed by atoms with Gasteiger partial charge in [-0.05, 0) is 0 Å². The summed E-state index contributed by atoms with van der Waals surface area (Å²) in [6.07, 6.45) is 0. The molecule has 0 unspecified atom stereocenters. The van der Waals surface area contributed by atoms with Gasteiger partial charge >= 0.3 is 35.2 Å². The van der Waals surface area contributed by atoms with E-state index in [9.17, 15) is 19.5 Å². The molecule has 1 aromatic heterocycles. The normalized spacial score (nSPS) is 8.67. The molecule has 0 aliphatic carbocycles. The van der Waals surface area contributed by atoms with Crippen LogP contribution in [0.1, 0.15) is 10.5 Å². The van der Waals surface area contributed by atoms with Crippen LogP contribution < -0.4 is 45.9 Å². The molecule has 58 valence electrons. The van der Waals surface area contributed by atoms with Gasteiger partial charge in [0.05, 0.1) is 11.7 Å². The van der Waals surface area contributed by atoms with Gasteiger partial charge in [0.1, 0.15) is 0 Å². The molecule has 0 radical (unpaired) electrons. The van der Waals surface area contributed by atoms with E-state index < -0.39 is 22.9 Å². The molecule has 0 spiro atoms. The van der Waals surface area contributed by atoms with Crippen LogP contribution in [-0.2, 0) is 0 Å². The number of aromatic nitrogens is 2. The van der Waals surface area contributed by atoms with Crippen LogP contribution in [-0.4, -0.2) is 15.9 Å². The molecular weight excluding hydrogens is 175 g/mol. The molecule has 2 N–H and O–H groups in total. The number of carbonyl (C=O) groups is 1. The van der Waals surface area contributed by atoms with E-state index in [4.69, 9.17) is 0 Å². The third-order valence-electron chi connectivity index (χ3n) is 0.980. The van der Waals surface area contributed by atoms with E-state index in [1.54, 1.807) is 0 Å². The molecule has 0 aliphatic heterocycles. The molecule has 0 saturated heterocycles. The summed E-state index contributed by atoms with van der Waals surface area (Å²) < 4.78 is 0. The Bertz CT molecular complexity index is 365. The molecule has 1 aromatic rings. The van der Waals surface area contributed by atoms with Crippen molar-refractivity contribution >= 4 is 5.97 Å². The first-order valence-electron chi connectivity index (χ1n) is 2.64. The van der Waals surface area contributed by atoms with Crippen molar-refractivity contribution in [2.75, 3.05) is 0 Å². The number of rotatable bonds is 1. The van der Waals surface area contributed by atoms with Crippen molar-refractivity contribution < 1.29 is 39.5 Å². The van der Waals surface area contributed by atoms with Crippen LogP contribution in [0, 0.1) is 0 Å². The van der Waals surface area contributed by atoms with Crippen LogP contribution in [0.5, 0.6) is 0 Å². The Hall–Kier alpha value is -0.850. The van der Waals surface area contributed by atoms with E-state index in [0.29, 0.717) is 0 Å². The first kappa shape index (κ1) is 11.2. The van der Waals surface area contributed by atoms with Gasteiger partial charge < -0.3 is 14.9 Å². The van der Waals surface area contributed by atoms with Gasteiger partial charge in [-0.25, -0.2) is 4.79 Å². The maximum absolute atomic E-state index is 10.4. The number of hydrogen-bond donors (Lipinski definition) is 2. The number of H-pyrrole nitrogens is 2. The van der Waals surface area contributed by atoms with Crippen LogP contribution in [0.25, 0.3) is 0 Å². The Labute approximate surface area is 87.9 Å². The molecule has 0 fully saturated rings. The second-order valence-electron chi connectivity index (χ2n) is 1.79. The van der Waals surface area contributed by atoms with E-state index >= 15 is 0 Å². The molecule has 0 saturated carbocycles. The first-order valence-corrected chi connectivity index (χ1v) is 2.64. The predicted molar refractivity (Wildman–Crippen MR) is 32.0 cm³/mol. The molecule has 0 atom stereocenters. The SMILES string of the molecule is O=C([O-])c1cc(=O)[nH]c(=O)[nH]1.[Na+]. The molecule has 0 aromatic carbocycles. The van der Waals surface area contributed by atoms with E-state index in [1.807, 2.05) is 9.97 Å². The molecule has 7 heteroatoms. The van der Waals surface area contributed by atoms with Gasteiger partial charge in [0.15, 0.2) is 0 Å². The van der Waals surface area contributed by atoms with Crippen LogP contribution in [0.2, 0.25) is 0 Å². The summed E-state index contributed by atoms with van der Waals surface area (Å²) in [7, 11) is 0. The smallest absolute Gasteiger partial charge is 0.543 e. The van der Waals surface area contributed by atoms with Gasteiger partial charge in [-0.2, -0.15) is 0 Å². The molecular formula is C5H3N2NaO4. The minimum absolute atomic E-state index is 0. The van der Waals surface area contributed by atoms with E-state index in [2.05, 4.69) is 0 Å². The third-order valence-corrected chi connectivity index (χ3v) is 0.980. The monoisotopic (exact) mass is 178 g/mol. The van der Waals surface area contributed by atoms with E-state index in [-0.39, 0.29) is 29.6 Å². The fourth-order valence-corrected chi connectivity index (χ4v) is 0.579. The van der Waals surface area contributed by atoms with Crippen LogP contribution >= 0.6 is 0 Å². The Morgan fingerprint density at radius 3 is 2.33 bits per heavy atom. The number of nitrogens with one attached hydrogen (secondary N) is 2. The van der Waals surface area contributed by atoms with Crippen molar-refractivity contribution in [2.24, 2.45) is 0 Å². The van der Waals surface area contributed by atoms with Crippen LogP contribution in [0.4, 0.5) is 0 Å². The molecule has 0 bridgehead atoms. The quantitative estimate of drug-likeness (QED) is 0.418. The van der Waals surface area contributed by atoms with Crippen LogP contribution in [0.3, 0.4) is 0 Å². The van der Waals surface area contributed by atoms with Crippen molar-refractivity contribution in [1.29, 1.82) is 0 Å². The molecule has 1 heterocycles. The Kier molecular flexibility index (Phi) is 3.94. The fraction of sp³-hybridized carbons (Fsp3) is 0. The van der Waals surface area contributed by atoms with Gasteiger partial charge in [-0.15, -0.1) is 0 Å². The van der Waals surface area contributed by atoms with Crippen molar-refractivity contribution in [1.82, 2.24) is 9.97 Å². The average molecular weight is 178 g/mol. The van der Waals surface area contributed by atoms with Gasteiger partial charge in [0.25, 0.3) is 5.56 Å². The summed E-state index contributed by atoms with van der Waals surface area (Å²) in [6.45, 7) is 0. The maximum Gasteiger partial charge on any atom is 1.00 e. The van der Waals surface area contributed by atoms with Gasteiger partial charge in [-0.3, -0.25) is 9.78 Å². The maximum atomic E-state index is 10.4. The number of hydrogen-bond acceptors (Lipinski definition) is 4. The van der Waals surface area contributed by atoms with Crippen LogP contribution in [0.15, 0.2) is 15.7 Å². The first-order chi connectivity index (χ1) is 5.09. The second-order valence-corrected chi connectivity index (χ2v) is 1.79. The van der Waals surface area contributed by atoms with Crippen molar-refractivity contribution in [3.63, 3.8) is 0 Å². The number of aromatic amines is 2. The van der Waals surface area contributed by atoms with Crippen molar-refractivity contribution in [2.45, 2.75) is 0 Å². The zero-order valence-electron chi connectivity index (χ0n) is 6.21. The Morgan fingerprint density at radius 1 is 1.33 bits per heavy atom. The second kappa shape index (κ2) is 4.24.